The Bertz CT molecular complexity index is 1790. The van der Waals surface area contributed by atoms with Crippen molar-refractivity contribution >= 4 is 59.3 Å². The van der Waals surface area contributed by atoms with E-state index in [2.05, 4.69) is 45.1 Å². The van der Waals surface area contributed by atoms with E-state index < -0.39 is 54.1 Å². The molecule has 490 valence electrons. The second kappa shape index (κ2) is 53.6. The number of nitrogens with two attached hydrogens (primary N) is 5. The lowest BCUT2D eigenvalue weighted by atomic mass is 10.0. The normalized spacial score (nSPS) is 11.7. The molecule has 6 amide bonds. The van der Waals surface area contributed by atoms with Crippen LogP contribution in [-0.4, -0.2) is 138 Å². The Kier molecular flexibility index (Phi) is 52.4. The van der Waals surface area contributed by atoms with Crippen LogP contribution in [0.5, 0.6) is 0 Å². The number of aliphatic carboxylic acids is 2. The summed E-state index contributed by atoms with van der Waals surface area (Å²) in [5.74, 6) is -8.18. The molecule has 0 aliphatic carbocycles. The fraction of sp³-hybridized carbons (Fsp3) is 0.821. The van der Waals surface area contributed by atoms with E-state index >= 15 is 0 Å². The molecule has 0 saturated carbocycles. The van der Waals surface area contributed by atoms with Gasteiger partial charge in [-0.15, -0.1) is 0 Å². The molecule has 0 saturated heterocycles. The zero-order valence-corrected chi connectivity index (χ0v) is 50.1. The Morgan fingerprint density at radius 3 is 1.04 bits per heavy atom. The SMILES string of the molecule is CCCCCCCCCCCCCCCC(=O)NCCN(CCNC(=O)CCCCCCCCCCCCCCC)C(=O)CCC(=O)N[C@@H](CCCN=C(N)N)C(=O)N[C@@H](CCCN=C(N)N)C(N)=O.O=C(O)C(F)(F)F.O=C(O)C(F)(F)F. The van der Waals surface area contributed by atoms with E-state index in [4.69, 9.17) is 48.5 Å². The van der Waals surface area contributed by atoms with Gasteiger partial charge in [0.15, 0.2) is 11.9 Å². The number of aliphatic imine (C=N–C) groups is 2. The van der Waals surface area contributed by atoms with Crippen LogP contribution in [0.3, 0.4) is 0 Å². The molecular weight excluding hydrogens is 1110 g/mol. The summed E-state index contributed by atoms with van der Waals surface area (Å²) in [5, 5.41) is 25.4. The van der Waals surface area contributed by atoms with E-state index in [0.717, 1.165) is 38.5 Å². The van der Waals surface area contributed by atoms with Crippen LogP contribution < -0.4 is 49.9 Å². The lowest BCUT2D eigenvalue weighted by Gasteiger charge is -2.24. The molecule has 0 spiro atoms. The molecule has 28 heteroatoms. The van der Waals surface area contributed by atoms with Crippen molar-refractivity contribution in [3.8, 4) is 0 Å². The molecule has 0 aromatic rings. The van der Waals surface area contributed by atoms with Crippen molar-refractivity contribution < 1.29 is 74.9 Å². The third-order valence-corrected chi connectivity index (χ3v) is 13.0. The summed E-state index contributed by atoms with van der Waals surface area (Å²) in [6.45, 7) is 5.77. The molecule has 84 heavy (non-hydrogen) atoms. The van der Waals surface area contributed by atoms with Crippen molar-refractivity contribution in [2.24, 2.45) is 38.7 Å². The highest BCUT2D eigenvalue weighted by Crippen LogP contribution is 2.16. The minimum absolute atomic E-state index is 0.0718. The van der Waals surface area contributed by atoms with Crippen molar-refractivity contribution in [1.29, 1.82) is 0 Å². The van der Waals surface area contributed by atoms with Crippen LogP contribution >= 0.6 is 0 Å². The number of guanidine groups is 2. The average molecular weight is 1220 g/mol. The lowest BCUT2D eigenvalue weighted by molar-refractivity contribution is -0.193. The average Bonchev–Trinajstić information content (AvgIpc) is 3.49. The highest BCUT2D eigenvalue weighted by molar-refractivity contribution is 5.92. The van der Waals surface area contributed by atoms with E-state index in [1.807, 2.05) is 0 Å². The van der Waals surface area contributed by atoms with Gasteiger partial charge in [-0.05, 0) is 38.5 Å². The highest BCUT2D eigenvalue weighted by atomic mass is 19.4. The number of nitrogens with one attached hydrogen (secondary N) is 4. The molecule has 0 radical (unpaired) electrons. The number of unbranched alkanes of at least 4 members (excludes halogenated alkanes) is 24. The largest absolute Gasteiger partial charge is 0.490 e. The van der Waals surface area contributed by atoms with Gasteiger partial charge in [0.25, 0.3) is 0 Å². The summed E-state index contributed by atoms with van der Waals surface area (Å²) in [7, 11) is 0. The fourth-order valence-electron chi connectivity index (χ4n) is 8.28. The number of rotatable bonds is 49. The second-order valence-corrected chi connectivity index (χ2v) is 20.7. The fourth-order valence-corrected chi connectivity index (χ4v) is 8.28. The zero-order valence-electron chi connectivity index (χ0n) is 50.1. The number of amides is 6. The maximum Gasteiger partial charge on any atom is 0.490 e. The van der Waals surface area contributed by atoms with Crippen molar-refractivity contribution in [3.05, 3.63) is 0 Å². The smallest absolute Gasteiger partial charge is 0.475 e. The molecule has 0 unspecified atom stereocenters. The Labute approximate surface area is 493 Å². The molecule has 0 aromatic carbocycles. The van der Waals surface area contributed by atoms with E-state index in [-0.39, 0.29) is 94.6 Å². The van der Waals surface area contributed by atoms with Gasteiger partial charge in [0.1, 0.15) is 12.1 Å². The van der Waals surface area contributed by atoms with Crippen molar-refractivity contribution in [2.75, 3.05) is 39.3 Å². The number of hydrogen-bond acceptors (Lipinski definition) is 10. The summed E-state index contributed by atoms with van der Waals surface area (Å²) in [5.41, 5.74) is 27.2. The predicted octanol–water partition coefficient (Wildman–Crippen LogP) is 7.62. The van der Waals surface area contributed by atoms with Crippen LogP contribution in [0.2, 0.25) is 0 Å². The number of carboxylic acids is 2. The van der Waals surface area contributed by atoms with Crippen LogP contribution in [0.1, 0.15) is 232 Å². The third-order valence-electron chi connectivity index (χ3n) is 13.0. The number of primary amides is 1. The molecule has 0 fully saturated rings. The van der Waals surface area contributed by atoms with Gasteiger partial charge in [-0.25, -0.2) is 9.59 Å². The van der Waals surface area contributed by atoms with E-state index in [1.54, 1.807) is 4.90 Å². The van der Waals surface area contributed by atoms with Crippen LogP contribution in [0.15, 0.2) is 9.98 Å². The molecule has 2 atom stereocenters. The van der Waals surface area contributed by atoms with E-state index in [9.17, 15) is 55.1 Å². The number of halogens is 6. The Hall–Kier alpha value is -6.12. The van der Waals surface area contributed by atoms with Gasteiger partial charge in [0.2, 0.25) is 35.4 Å². The number of carbonyl (C=O) groups is 8. The minimum atomic E-state index is -5.08. The Morgan fingerprint density at radius 1 is 0.429 bits per heavy atom. The number of alkyl halides is 6. The summed E-state index contributed by atoms with van der Waals surface area (Å²) in [4.78, 5) is 105. The van der Waals surface area contributed by atoms with Crippen molar-refractivity contribution in [3.63, 3.8) is 0 Å². The molecule has 0 rings (SSSR count). The van der Waals surface area contributed by atoms with Crippen LogP contribution in [0.4, 0.5) is 26.3 Å². The Balaban J connectivity index is -0.00000412. The van der Waals surface area contributed by atoms with Crippen LogP contribution in [0, 0.1) is 0 Å². The lowest BCUT2D eigenvalue weighted by Crippen LogP contribution is -2.53. The standard InChI is InChI=1S/C52H102N12O6.2C2HF3O2/c1-3-5-7-9-11-13-15-17-19-21-23-25-27-33-45(65)58-39-41-64(42-40-59-46(66)34-28-26-24-22-20-18-16-14-12-10-8-6-4-2)48(68)36-35-47(67)62-44(32-30-38-61-52(56)57)50(70)63-43(49(53)69)31-29-37-60-51(54)55;2*3-2(4,5)1(6)7/h43-44H,3-42H2,1-2H3,(H2,53,69)(H,58,65)(H,59,66)(H,62,67)(H,63,70)(H4,54,55,60)(H4,56,57,61);2*(H,6,7)/t43-,44-;;/m0../s1. The number of carbonyl (C=O) groups excluding carboxylic acids is 6. The van der Waals surface area contributed by atoms with Crippen molar-refractivity contribution in [1.82, 2.24) is 26.2 Å². The number of hydrogen-bond donors (Lipinski definition) is 11. The van der Waals surface area contributed by atoms with Crippen LogP contribution in [0.25, 0.3) is 0 Å². The maximum absolute atomic E-state index is 13.6. The summed E-state index contributed by atoms with van der Waals surface area (Å²) in [6.07, 6.45) is 23.1. The molecule has 0 aliphatic rings. The molecule has 0 aliphatic heterocycles. The molecule has 16 N–H and O–H groups in total. The third kappa shape index (κ3) is 56.4. The first-order valence-corrected chi connectivity index (χ1v) is 30.1. The summed E-state index contributed by atoms with van der Waals surface area (Å²) in [6, 6.07) is -2.12. The molecule has 0 heterocycles. The van der Waals surface area contributed by atoms with Gasteiger partial charge in [-0.3, -0.25) is 38.8 Å². The van der Waals surface area contributed by atoms with E-state index in [0.29, 0.717) is 25.7 Å². The van der Waals surface area contributed by atoms with Gasteiger partial charge < -0.3 is 65.0 Å². The first kappa shape index (κ1) is 82.1. The first-order valence-electron chi connectivity index (χ1n) is 30.1. The van der Waals surface area contributed by atoms with Crippen LogP contribution in [-0.2, 0) is 38.4 Å². The summed E-state index contributed by atoms with van der Waals surface area (Å²) < 4.78 is 63.5. The number of nitrogens with zero attached hydrogens (tertiary/aromatic N) is 3. The molecule has 0 bridgehead atoms. The van der Waals surface area contributed by atoms with E-state index in [1.165, 1.54) is 128 Å². The van der Waals surface area contributed by atoms with Gasteiger partial charge in [-0.1, -0.05) is 168 Å². The molecule has 22 nitrogen and oxygen atoms in total. The second-order valence-electron chi connectivity index (χ2n) is 20.7. The molecular formula is C56H104F6N12O10. The highest BCUT2D eigenvalue weighted by Gasteiger charge is 2.39. The van der Waals surface area contributed by atoms with Gasteiger partial charge in [-0.2, -0.15) is 26.3 Å². The Morgan fingerprint density at radius 2 is 0.738 bits per heavy atom. The van der Waals surface area contributed by atoms with Crippen molar-refractivity contribution in [2.45, 2.75) is 257 Å². The van der Waals surface area contributed by atoms with Gasteiger partial charge in [0, 0.05) is 65.0 Å². The zero-order chi connectivity index (χ0) is 64.0. The summed E-state index contributed by atoms with van der Waals surface area (Å²) >= 11 is 0. The minimum Gasteiger partial charge on any atom is -0.475 e. The molecule has 0 aromatic heterocycles. The predicted molar refractivity (Wildman–Crippen MR) is 313 cm³/mol. The quantitative estimate of drug-likeness (QED) is 0.0121. The topological polar surface area (TPSA) is 383 Å². The number of carboxylic acid groups (broad SMARTS) is 2. The first-order chi connectivity index (χ1) is 39.7. The maximum atomic E-state index is 13.6. The monoisotopic (exact) mass is 1220 g/mol. The van der Waals surface area contributed by atoms with Gasteiger partial charge >= 0.3 is 24.3 Å². The van der Waals surface area contributed by atoms with Gasteiger partial charge in [0.05, 0.1) is 0 Å².